The van der Waals surface area contributed by atoms with Crippen molar-refractivity contribution in [1.82, 2.24) is 9.78 Å². The number of amides is 1. The third-order valence-electron chi connectivity index (χ3n) is 4.13. The van der Waals surface area contributed by atoms with E-state index in [2.05, 4.69) is 10.4 Å². The minimum Gasteiger partial charge on any atom is -0.462 e. The number of anilines is 1. The van der Waals surface area contributed by atoms with Crippen LogP contribution in [0.1, 0.15) is 30.1 Å². The summed E-state index contributed by atoms with van der Waals surface area (Å²) in [4.78, 5) is 36.0. The number of nitrogens with zero attached hydrogens (tertiary/aromatic N) is 2. The highest BCUT2D eigenvalue weighted by Gasteiger charge is 2.14. The van der Waals surface area contributed by atoms with Crippen molar-refractivity contribution in [3.63, 3.8) is 0 Å². The van der Waals surface area contributed by atoms with Crippen molar-refractivity contribution in [1.29, 1.82) is 0 Å². The van der Waals surface area contributed by atoms with Crippen molar-refractivity contribution in [2.24, 2.45) is 0 Å². The average Bonchev–Trinajstić information content (AvgIpc) is 3.09. The molecule has 0 radical (unpaired) electrons. The molecule has 1 aromatic heterocycles. The van der Waals surface area contributed by atoms with Gasteiger partial charge in [-0.05, 0) is 55.0 Å². The highest BCUT2D eigenvalue weighted by molar-refractivity contribution is 5.92. The van der Waals surface area contributed by atoms with Crippen molar-refractivity contribution in [3.05, 3.63) is 70.5 Å². The number of hydrogen-bond acceptors (Lipinski definition) is 6. The SMILES string of the molecule is CCCCOC(=O)c1ccc(NC(=O)Cn2nc(-c3ccc(F)cc3)oc2=O)cc1. The van der Waals surface area contributed by atoms with Crippen molar-refractivity contribution >= 4 is 17.6 Å². The van der Waals surface area contributed by atoms with Gasteiger partial charge < -0.3 is 14.5 Å². The number of carbonyl (C=O) groups excluding carboxylic acids is 2. The topological polar surface area (TPSA) is 103 Å². The van der Waals surface area contributed by atoms with Crippen LogP contribution in [0.3, 0.4) is 0 Å². The van der Waals surface area contributed by atoms with Gasteiger partial charge in [0, 0.05) is 11.3 Å². The third-order valence-corrected chi connectivity index (χ3v) is 4.13. The van der Waals surface area contributed by atoms with Crippen LogP contribution in [-0.2, 0) is 16.1 Å². The molecular weight excluding hydrogens is 393 g/mol. The largest absolute Gasteiger partial charge is 0.462 e. The molecule has 2 aromatic carbocycles. The normalized spacial score (nSPS) is 10.6. The van der Waals surface area contributed by atoms with Gasteiger partial charge in [-0.2, -0.15) is 4.68 Å². The summed E-state index contributed by atoms with van der Waals surface area (Å²) in [6, 6.07) is 11.5. The average molecular weight is 413 g/mol. The molecule has 0 saturated heterocycles. The van der Waals surface area contributed by atoms with E-state index in [1.807, 2.05) is 6.92 Å². The second-order valence-corrected chi connectivity index (χ2v) is 6.45. The van der Waals surface area contributed by atoms with Gasteiger partial charge in [-0.3, -0.25) is 4.79 Å². The summed E-state index contributed by atoms with van der Waals surface area (Å²) in [5.74, 6) is -2.19. The van der Waals surface area contributed by atoms with Crippen molar-refractivity contribution in [2.45, 2.75) is 26.3 Å². The molecule has 1 N–H and O–H groups in total. The summed E-state index contributed by atoms with van der Waals surface area (Å²) in [5.41, 5.74) is 1.23. The molecule has 3 aromatic rings. The Labute approximate surface area is 171 Å². The number of aromatic nitrogens is 2. The minimum absolute atomic E-state index is 0.0151. The van der Waals surface area contributed by atoms with Gasteiger partial charge in [-0.1, -0.05) is 13.3 Å². The number of unbranched alkanes of at least 4 members (excludes halogenated alkanes) is 1. The predicted octanol–water partition coefficient (Wildman–Crippen LogP) is 3.24. The van der Waals surface area contributed by atoms with Crippen LogP contribution in [0.2, 0.25) is 0 Å². The second kappa shape index (κ2) is 9.64. The number of rotatable bonds is 8. The number of esters is 1. The molecule has 1 amide bonds. The number of ether oxygens (including phenoxy) is 1. The highest BCUT2D eigenvalue weighted by atomic mass is 19.1. The van der Waals surface area contributed by atoms with Crippen LogP contribution in [-0.4, -0.2) is 28.3 Å². The number of carbonyl (C=O) groups is 2. The van der Waals surface area contributed by atoms with E-state index in [1.165, 1.54) is 24.3 Å². The number of nitrogens with one attached hydrogen (secondary N) is 1. The Morgan fingerprint density at radius 1 is 1.13 bits per heavy atom. The summed E-state index contributed by atoms with van der Waals surface area (Å²) in [7, 11) is 0. The van der Waals surface area contributed by atoms with Gasteiger partial charge in [0.1, 0.15) is 12.4 Å². The summed E-state index contributed by atoms with van der Waals surface area (Å²) in [5, 5.41) is 6.57. The maximum Gasteiger partial charge on any atom is 0.437 e. The van der Waals surface area contributed by atoms with Gasteiger partial charge in [0.05, 0.1) is 12.2 Å². The van der Waals surface area contributed by atoms with Gasteiger partial charge in [-0.15, -0.1) is 5.10 Å². The molecule has 9 heteroatoms. The monoisotopic (exact) mass is 413 g/mol. The van der Waals surface area contributed by atoms with Crippen LogP contribution < -0.4 is 11.1 Å². The molecule has 0 aliphatic heterocycles. The Bertz CT molecular complexity index is 1070. The van der Waals surface area contributed by atoms with Gasteiger partial charge in [-0.25, -0.2) is 14.0 Å². The van der Waals surface area contributed by atoms with E-state index in [4.69, 9.17) is 9.15 Å². The lowest BCUT2D eigenvalue weighted by molar-refractivity contribution is -0.117. The molecule has 0 spiro atoms. The molecule has 0 fully saturated rings. The maximum atomic E-state index is 13.0. The van der Waals surface area contributed by atoms with E-state index in [-0.39, 0.29) is 12.4 Å². The van der Waals surface area contributed by atoms with Gasteiger partial charge in [0.25, 0.3) is 0 Å². The van der Waals surface area contributed by atoms with Crippen LogP contribution in [0.15, 0.2) is 57.7 Å². The maximum absolute atomic E-state index is 13.0. The summed E-state index contributed by atoms with van der Waals surface area (Å²) >= 11 is 0. The van der Waals surface area contributed by atoms with Crippen molar-refractivity contribution in [3.8, 4) is 11.5 Å². The fraction of sp³-hybridized carbons (Fsp3) is 0.238. The zero-order valence-corrected chi connectivity index (χ0v) is 16.3. The molecule has 0 unspecified atom stereocenters. The van der Waals surface area contributed by atoms with Crippen LogP contribution in [0, 0.1) is 5.82 Å². The smallest absolute Gasteiger partial charge is 0.437 e. The highest BCUT2D eigenvalue weighted by Crippen LogP contribution is 2.16. The van der Waals surface area contributed by atoms with Crippen LogP contribution in [0.5, 0.6) is 0 Å². The van der Waals surface area contributed by atoms with E-state index in [1.54, 1.807) is 24.3 Å². The molecule has 156 valence electrons. The first kappa shape index (κ1) is 21.0. The molecular formula is C21H20FN3O5. The number of benzene rings is 2. The molecule has 8 nitrogen and oxygen atoms in total. The Balaban J connectivity index is 1.60. The minimum atomic E-state index is -0.811. The zero-order valence-electron chi connectivity index (χ0n) is 16.3. The Kier molecular flexibility index (Phi) is 6.74. The quantitative estimate of drug-likeness (QED) is 0.449. The molecule has 0 aliphatic rings. The summed E-state index contributed by atoms with van der Waals surface area (Å²) in [6.45, 7) is 1.99. The fourth-order valence-electron chi connectivity index (χ4n) is 2.53. The lowest BCUT2D eigenvalue weighted by Gasteiger charge is -2.07. The Morgan fingerprint density at radius 2 is 1.83 bits per heavy atom. The Hall–Kier alpha value is -3.75. The molecule has 0 atom stereocenters. The van der Waals surface area contributed by atoms with Crippen LogP contribution in [0.25, 0.3) is 11.5 Å². The van der Waals surface area contributed by atoms with E-state index < -0.39 is 23.4 Å². The number of halogens is 1. The predicted molar refractivity (Wildman–Crippen MR) is 106 cm³/mol. The van der Waals surface area contributed by atoms with E-state index in [9.17, 15) is 18.8 Å². The fourth-order valence-corrected chi connectivity index (χ4v) is 2.53. The first-order chi connectivity index (χ1) is 14.5. The first-order valence-electron chi connectivity index (χ1n) is 9.37. The molecule has 0 bridgehead atoms. The van der Waals surface area contributed by atoms with Gasteiger partial charge >= 0.3 is 11.7 Å². The Morgan fingerprint density at radius 3 is 2.50 bits per heavy atom. The summed E-state index contributed by atoms with van der Waals surface area (Å²) in [6.07, 6.45) is 1.72. The standard InChI is InChI=1S/C21H20FN3O5/c1-2-3-12-29-20(27)15-6-10-17(11-7-15)23-18(26)13-25-21(28)30-19(24-25)14-4-8-16(22)9-5-14/h4-11H,2-3,12-13H2,1H3,(H,23,26). The van der Waals surface area contributed by atoms with Crippen LogP contribution in [0.4, 0.5) is 10.1 Å². The van der Waals surface area contributed by atoms with E-state index in [0.29, 0.717) is 23.4 Å². The molecule has 1 heterocycles. The summed E-state index contributed by atoms with van der Waals surface area (Å²) < 4.78 is 24.0. The number of hydrogen-bond donors (Lipinski definition) is 1. The van der Waals surface area contributed by atoms with E-state index >= 15 is 0 Å². The lowest BCUT2D eigenvalue weighted by Crippen LogP contribution is -2.25. The first-order valence-corrected chi connectivity index (χ1v) is 9.37. The zero-order chi connectivity index (χ0) is 21.5. The third kappa shape index (κ3) is 5.40. The molecule has 30 heavy (non-hydrogen) atoms. The van der Waals surface area contributed by atoms with E-state index in [0.717, 1.165) is 17.5 Å². The molecule has 0 aliphatic carbocycles. The molecule has 3 rings (SSSR count). The van der Waals surface area contributed by atoms with Gasteiger partial charge in [0.15, 0.2) is 0 Å². The van der Waals surface area contributed by atoms with Crippen molar-refractivity contribution < 1.29 is 23.1 Å². The van der Waals surface area contributed by atoms with Gasteiger partial charge in [0.2, 0.25) is 11.8 Å². The molecule has 0 saturated carbocycles. The van der Waals surface area contributed by atoms with Crippen molar-refractivity contribution in [2.75, 3.05) is 11.9 Å². The lowest BCUT2D eigenvalue weighted by atomic mass is 10.2. The second-order valence-electron chi connectivity index (χ2n) is 6.45. The van der Waals surface area contributed by atoms with Crippen LogP contribution >= 0.6 is 0 Å².